The van der Waals surface area contributed by atoms with Gasteiger partial charge >= 0.3 is 0 Å². The molecule has 0 aliphatic carbocycles. The maximum Gasteiger partial charge on any atom is 0.256 e. The molecule has 2 aromatic carbocycles. The molecular formula is C26H29NO7. The standard InChI is InChI=1S/C26H29NO7/c1-2-18-22(32-18)24(28)27-15-31-23-20(27)26(29-13-16-9-5-3-6-10-16)33-19-14-30-25(34-21(19)23)17-11-7-4-8-12-17/h3-12,18-23,25-26H,2,13-15H2,1H3/t18-,19-,20-,21-,22+,23+,25-,26-/m1/s1. The summed E-state index contributed by atoms with van der Waals surface area (Å²) in [6.45, 7) is 2.88. The predicted molar refractivity (Wildman–Crippen MR) is 119 cm³/mol. The summed E-state index contributed by atoms with van der Waals surface area (Å²) >= 11 is 0. The van der Waals surface area contributed by atoms with E-state index in [0.717, 1.165) is 17.5 Å². The van der Waals surface area contributed by atoms with Gasteiger partial charge in [-0.1, -0.05) is 67.6 Å². The highest BCUT2D eigenvalue weighted by Gasteiger charge is 2.59. The lowest BCUT2D eigenvalue weighted by atomic mass is 9.95. The lowest BCUT2D eigenvalue weighted by Gasteiger charge is -2.47. The van der Waals surface area contributed by atoms with Crippen LogP contribution in [0.2, 0.25) is 0 Å². The van der Waals surface area contributed by atoms with Crippen LogP contribution < -0.4 is 0 Å². The average Bonchev–Trinajstić information content (AvgIpc) is 3.56. The van der Waals surface area contributed by atoms with Gasteiger partial charge in [0.05, 0.1) is 19.3 Å². The van der Waals surface area contributed by atoms with Gasteiger partial charge in [-0.25, -0.2) is 0 Å². The van der Waals surface area contributed by atoms with Gasteiger partial charge in [-0.2, -0.15) is 0 Å². The predicted octanol–water partition coefficient (Wildman–Crippen LogP) is 2.77. The molecule has 8 nitrogen and oxygen atoms in total. The Labute approximate surface area is 198 Å². The fraction of sp³-hybridized carbons (Fsp3) is 0.500. The van der Waals surface area contributed by atoms with Crippen molar-refractivity contribution >= 4 is 5.91 Å². The van der Waals surface area contributed by atoms with E-state index in [9.17, 15) is 4.79 Å². The molecule has 1 amide bonds. The Kier molecular flexibility index (Phi) is 6.11. The van der Waals surface area contributed by atoms with Crippen LogP contribution in [0.5, 0.6) is 0 Å². The first-order valence-corrected chi connectivity index (χ1v) is 11.9. The highest BCUT2D eigenvalue weighted by atomic mass is 16.8. The van der Waals surface area contributed by atoms with Crippen LogP contribution >= 0.6 is 0 Å². The molecule has 0 unspecified atom stereocenters. The minimum absolute atomic E-state index is 0.0331. The van der Waals surface area contributed by atoms with E-state index >= 15 is 0 Å². The van der Waals surface area contributed by atoms with E-state index in [-0.39, 0.29) is 30.9 Å². The molecule has 0 saturated carbocycles. The molecule has 0 bridgehead atoms. The molecule has 0 radical (unpaired) electrons. The number of epoxide rings is 1. The van der Waals surface area contributed by atoms with E-state index < -0.39 is 30.8 Å². The summed E-state index contributed by atoms with van der Waals surface area (Å²) in [6.07, 6.45) is -1.99. The van der Waals surface area contributed by atoms with Crippen molar-refractivity contribution in [2.45, 2.75) is 69.1 Å². The van der Waals surface area contributed by atoms with Crippen LogP contribution in [0, 0.1) is 0 Å². The lowest BCUT2D eigenvalue weighted by molar-refractivity contribution is -0.342. The van der Waals surface area contributed by atoms with E-state index in [0.29, 0.717) is 13.2 Å². The van der Waals surface area contributed by atoms with Crippen molar-refractivity contribution in [2.24, 2.45) is 0 Å². The molecule has 4 aliphatic rings. The number of nitrogens with zero attached hydrogens (tertiary/aromatic N) is 1. The smallest absolute Gasteiger partial charge is 0.256 e. The summed E-state index contributed by atoms with van der Waals surface area (Å²) in [5.74, 6) is -0.0821. The van der Waals surface area contributed by atoms with Crippen molar-refractivity contribution in [1.29, 1.82) is 0 Å². The number of carbonyl (C=O) groups is 1. The fourth-order valence-corrected chi connectivity index (χ4v) is 5.04. The summed E-state index contributed by atoms with van der Waals surface area (Å²) in [7, 11) is 0. The quantitative estimate of drug-likeness (QED) is 0.605. The van der Waals surface area contributed by atoms with Gasteiger partial charge < -0.3 is 33.3 Å². The van der Waals surface area contributed by atoms with Crippen molar-refractivity contribution < 1.29 is 33.2 Å². The topological polar surface area (TPSA) is 79.0 Å². The molecule has 8 atom stereocenters. The maximum absolute atomic E-state index is 13.2. The average molecular weight is 468 g/mol. The van der Waals surface area contributed by atoms with E-state index in [1.54, 1.807) is 4.90 Å². The Bertz CT molecular complexity index is 989. The van der Waals surface area contributed by atoms with E-state index in [1.807, 2.05) is 67.6 Å². The Morgan fingerprint density at radius 2 is 1.74 bits per heavy atom. The molecule has 4 saturated heterocycles. The Hall–Kier alpha value is -2.33. The zero-order valence-corrected chi connectivity index (χ0v) is 19.0. The van der Waals surface area contributed by atoms with Crippen molar-refractivity contribution in [3.63, 3.8) is 0 Å². The van der Waals surface area contributed by atoms with Gasteiger partial charge in [-0.3, -0.25) is 4.79 Å². The molecule has 0 spiro atoms. The molecule has 0 N–H and O–H groups in total. The van der Waals surface area contributed by atoms with Crippen LogP contribution in [-0.2, 0) is 39.8 Å². The molecule has 34 heavy (non-hydrogen) atoms. The highest BCUT2D eigenvalue weighted by molar-refractivity contribution is 5.84. The van der Waals surface area contributed by atoms with Crippen LogP contribution in [0.4, 0.5) is 0 Å². The first-order valence-electron chi connectivity index (χ1n) is 11.9. The number of fused-ring (bicyclic) bond motifs is 3. The molecule has 2 aromatic rings. The van der Waals surface area contributed by atoms with Crippen LogP contribution in [0.25, 0.3) is 0 Å². The minimum atomic E-state index is -0.669. The number of amides is 1. The second-order valence-corrected chi connectivity index (χ2v) is 9.08. The van der Waals surface area contributed by atoms with Crippen LogP contribution in [0.1, 0.15) is 30.8 Å². The zero-order chi connectivity index (χ0) is 23.1. The third-order valence-corrected chi connectivity index (χ3v) is 6.91. The number of carbonyl (C=O) groups excluding carboxylic acids is 1. The van der Waals surface area contributed by atoms with Gasteiger partial charge in [0.2, 0.25) is 0 Å². The van der Waals surface area contributed by atoms with Gasteiger partial charge in [0.25, 0.3) is 5.91 Å². The summed E-state index contributed by atoms with van der Waals surface area (Å²) in [6, 6.07) is 19.3. The summed E-state index contributed by atoms with van der Waals surface area (Å²) in [4.78, 5) is 14.9. The first kappa shape index (κ1) is 22.2. The number of hydrogen-bond donors (Lipinski definition) is 0. The number of hydrogen-bond acceptors (Lipinski definition) is 7. The van der Waals surface area contributed by atoms with Gasteiger partial charge in [0.1, 0.15) is 31.1 Å². The lowest BCUT2D eigenvalue weighted by Crippen LogP contribution is -2.64. The molecule has 4 fully saturated rings. The summed E-state index contributed by atoms with van der Waals surface area (Å²) < 4.78 is 36.7. The molecule has 6 rings (SSSR count). The number of ether oxygens (including phenoxy) is 6. The van der Waals surface area contributed by atoms with Crippen molar-refractivity contribution in [3.05, 3.63) is 71.8 Å². The van der Waals surface area contributed by atoms with Crippen molar-refractivity contribution in [1.82, 2.24) is 4.90 Å². The summed E-state index contributed by atoms with van der Waals surface area (Å²) in [5.41, 5.74) is 1.96. The maximum atomic E-state index is 13.2. The summed E-state index contributed by atoms with van der Waals surface area (Å²) in [5, 5.41) is 0. The monoisotopic (exact) mass is 467 g/mol. The third-order valence-electron chi connectivity index (χ3n) is 6.91. The van der Waals surface area contributed by atoms with Gasteiger partial charge in [0, 0.05) is 5.56 Å². The number of rotatable bonds is 6. The van der Waals surface area contributed by atoms with Crippen molar-refractivity contribution in [2.75, 3.05) is 13.3 Å². The van der Waals surface area contributed by atoms with Crippen LogP contribution in [0.15, 0.2) is 60.7 Å². The Morgan fingerprint density at radius 3 is 2.47 bits per heavy atom. The Balaban J connectivity index is 1.23. The van der Waals surface area contributed by atoms with E-state index in [2.05, 4.69) is 0 Å². The van der Waals surface area contributed by atoms with E-state index in [1.165, 1.54) is 0 Å². The molecule has 8 heteroatoms. The molecular weight excluding hydrogens is 438 g/mol. The second kappa shape index (κ2) is 9.37. The van der Waals surface area contributed by atoms with Crippen LogP contribution in [-0.4, -0.2) is 67.0 Å². The number of benzene rings is 2. The molecule has 4 heterocycles. The van der Waals surface area contributed by atoms with Crippen LogP contribution in [0.3, 0.4) is 0 Å². The second-order valence-electron chi connectivity index (χ2n) is 9.08. The molecule has 0 aromatic heterocycles. The first-order chi connectivity index (χ1) is 16.7. The third kappa shape index (κ3) is 4.15. The molecule has 180 valence electrons. The van der Waals surface area contributed by atoms with Crippen molar-refractivity contribution in [3.8, 4) is 0 Å². The van der Waals surface area contributed by atoms with Gasteiger partial charge in [-0.15, -0.1) is 0 Å². The zero-order valence-electron chi connectivity index (χ0n) is 19.0. The normalized spacial score (nSPS) is 36.6. The Morgan fingerprint density at radius 1 is 0.971 bits per heavy atom. The molecule has 4 aliphatic heterocycles. The SMILES string of the molecule is CC[C@H]1O[C@@H]1C(=O)N1CO[C@@H]2[C@@H]3O[C@H](c4ccccc4)OC[C@H]3O[C@@H](OCc3ccccc3)[C@@H]21. The largest absolute Gasteiger partial charge is 0.359 e. The van der Waals surface area contributed by atoms with E-state index in [4.69, 9.17) is 28.4 Å². The minimum Gasteiger partial charge on any atom is -0.359 e. The fourth-order valence-electron chi connectivity index (χ4n) is 5.04. The van der Waals surface area contributed by atoms with Gasteiger partial charge in [0.15, 0.2) is 18.7 Å². The highest BCUT2D eigenvalue weighted by Crippen LogP contribution is 2.41. The van der Waals surface area contributed by atoms with Gasteiger partial charge in [-0.05, 0) is 12.0 Å².